The van der Waals surface area contributed by atoms with E-state index in [4.69, 9.17) is 0 Å². The minimum Gasteiger partial charge on any atom is -0.465 e. The fourth-order valence-corrected chi connectivity index (χ4v) is 2.98. The minimum absolute atomic E-state index is 0.0200. The van der Waals surface area contributed by atoms with Gasteiger partial charge in [0.25, 0.3) is 0 Å². The number of halogens is 4. The molecule has 1 aromatic carbocycles. The van der Waals surface area contributed by atoms with Crippen LogP contribution >= 0.6 is 15.9 Å². The molecule has 1 aromatic rings. The number of carbonyl (C=O) groups is 2. The van der Waals surface area contributed by atoms with Gasteiger partial charge in [-0.3, -0.25) is 4.90 Å². The van der Waals surface area contributed by atoms with Gasteiger partial charge in [-0.2, -0.15) is 13.2 Å². The summed E-state index contributed by atoms with van der Waals surface area (Å²) < 4.78 is 39.2. The van der Waals surface area contributed by atoms with E-state index in [9.17, 15) is 33.0 Å². The zero-order valence-electron chi connectivity index (χ0n) is 15.1. The summed E-state index contributed by atoms with van der Waals surface area (Å²) in [5, 5.41) is 19.3. The summed E-state index contributed by atoms with van der Waals surface area (Å²) in [4.78, 5) is 25.3. The average molecular weight is 455 g/mol. The zero-order valence-corrected chi connectivity index (χ0v) is 16.7. The van der Waals surface area contributed by atoms with Crippen molar-refractivity contribution in [1.82, 2.24) is 9.80 Å². The van der Waals surface area contributed by atoms with E-state index in [2.05, 4.69) is 15.9 Å². The van der Waals surface area contributed by atoms with Crippen molar-refractivity contribution in [3.05, 3.63) is 35.4 Å². The van der Waals surface area contributed by atoms with Crippen LogP contribution in [0.1, 0.15) is 37.9 Å². The summed E-state index contributed by atoms with van der Waals surface area (Å²) in [6.45, 7) is 4.55. The predicted octanol–water partition coefficient (Wildman–Crippen LogP) is 4.90. The van der Waals surface area contributed by atoms with Crippen LogP contribution in [0, 0.1) is 0 Å². The molecule has 6 nitrogen and oxygen atoms in total. The lowest BCUT2D eigenvalue weighted by Gasteiger charge is -2.39. The van der Waals surface area contributed by atoms with Gasteiger partial charge < -0.3 is 15.1 Å². The molecule has 0 aliphatic carbocycles. The Balaban J connectivity index is 3.46. The highest BCUT2D eigenvalue weighted by Gasteiger charge is 2.35. The van der Waals surface area contributed by atoms with Crippen LogP contribution in [-0.4, -0.2) is 56.2 Å². The highest BCUT2D eigenvalue weighted by atomic mass is 79.9. The molecule has 0 fully saturated rings. The molecule has 0 radical (unpaired) electrons. The first-order valence-corrected chi connectivity index (χ1v) is 9.14. The van der Waals surface area contributed by atoms with E-state index in [0.29, 0.717) is 0 Å². The van der Waals surface area contributed by atoms with E-state index in [0.717, 1.165) is 21.9 Å². The van der Waals surface area contributed by atoms with Gasteiger partial charge in [-0.05, 0) is 38.5 Å². The lowest BCUT2D eigenvalue weighted by molar-refractivity contribution is -0.137. The number of rotatable bonds is 6. The lowest BCUT2D eigenvalue weighted by Crippen LogP contribution is -2.50. The van der Waals surface area contributed by atoms with Crippen molar-refractivity contribution >= 4 is 28.1 Å². The summed E-state index contributed by atoms with van der Waals surface area (Å²) >= 11 is 3.13. The van der Waals surface area contributed by atoms with E-state index in [1.54, 1.807) is 20.8 Å². The highest BCUT2D eigenvalue weighted by molar-refractivity contribution is 9.09. The first kappa shape index (κ1) is 23.1. The molecule has 152 valence electrons. The molecule has 1 unspecified atom stereocenters. The molecule has 0 spiro atoms. The molecular formula is C17H22BrF3N2O4. The van der Waals surface area contributed by atoms with Crippen LogP contribution < -0.4 is 0 Å². The Morgan fingerprint density at radius 1 is 1.15 bits per heavy atom. The number of nitrogens with zero attached hydrogens (tertiary/aromatic N) is 2. The Morgan fingerprint density at radius 2 is 1.74 bits per heavy atom. The minimum atomic E-state index is -4.60. The Hall–Kier alpha value is -1.97. The molecule has 0 saturated heterocycles. The molecule has 0 heterocycles. The van der Waals surface area contributed by atoms with E-state index in [1.165, 1.54) is 12.1 Å². The summed E-state index contributed by atoms with van der Waals surface area (Å²) in [5.74, 6) is 0. The Morgan fingerprint density at radius 3 is 2.15 bits per heavy atom. The second kappa shape index (κ2) is 8.81. The van der Waals surface area contributed by atoms with Crippen molar-refractivity contribution in [3.63, 3.8) is 0 Å². The molecule has 1 rings (SSSR count). The number of benzene rings is 1. The maximum atomic E-state index is 13.1. The molecular weight excluding hydrogens is 433 g/mol. The molecule has 27 heavy (non-hydrogen) atoms. The van der Waals surface area contributed by atoms with Crippen LogP contribution in [0.2, 0.25) is 0 Å². The van der Waals surface area contributed by atoms with Crippen molar-refractivity contribution in [2.75, 3.05) is 18.4 Å². The number of amides is 2. The Bertz CT molecular complexity index is 677. The van der Waals surface area contributed by atoms with Gasteiger partial charge in [-0.15, -0.1) is 0 Å². The topological polar surface area (TPSA) is 81.1 Å². The Labute approximate surface area is 163 Å². The molecule has 0 bridgehead atoms. The van der Waals surface area contributed by atoms with E-state index >= 15 is 0 Å². The number of hydrogen-bond donors (Lipinski definition) is 2. The molecule has 1 atom stereocenters. The molecule has 0 aliphatic rings. The third kappa shape index (κ3) is 6.30. The second-order valence-electron chi connectivity index (χ2n) is 6.87. The van der Waals surface area contributed by atoms with E-state index < -0.39 is 35.5 Å². The van der Waals surface area contributed by atoms with Gasteiger partial charge in [-0.1, -0.05) is 28.1 Å². The predicted molar refractivity (Wildman–Crippen MR) is 97.2 cm³/mol. The summed E-state index contributed by atoms with van der Waals surface area (Å²) in [6, 6.07) is 3.19. The van der Waals surface area contributed by atoms with Gasteiger partial charge in [0.05, 0.1) is 11.6 Å². The van der Waals surface area contributed by atoms with E-state index in [1.807, 2.05) is 0 Å². The molecule has 2 N–H and O–H groups in total. The van der Waals surface area contributed by atoms with Gasteiger partial charge in [0.1, 0.15) is 0 Å². The van der Waals surface area contributed by atoms with Crippen LogP contribution in [0.15, 0.2) is 24.3 Å². The number of alkyl halides is 4. The summed E-state index contributed by atoms with van der Waals surface area (Å²) in [7, 11) is 0. The van der Waals surface area contributed by atoms with Gasteiger partial charge in [-0.25, -0.2) is 9.59 Å². The normalized spacial score (nSPS) is 13.1. The van der Waals surface area contributed by atoms with Gasteiger partial charge >= 0.3 is 18.4 Å². The third-order valence-electron chi connectivity index (χ3n) is 3.94. The van der Waals surface area contributed by atoms with Gasteiger partial charge in [0, 0.05) is 24.0 Å². The van der Waals surface area contributed by atoms with E-state index in [-0.39, 0.29) is 24.0 Å². The van der Waals surface area contributed by atoms with Crippen LogP contribution in [0.5, 0.6) is 0 Å². The molecule has 0 aliphatic heterocycles. The maximum absolute atomic E-state index is 13.1. The third-order valence-corrected chi connectivity index (χ3v) is 4.30. The SMILES string of the molecule is CC(C)(C)N(CC(c1cccc(C(F)(F)F)c1)N(CCBr)C(=O)O)C(=O)O. The maximum Gasteiger partial charge on any atom is 0.416 e. The first-order valence-electron chi connectivity index (χ1n) is 8.02. The molecule has 0 saturated carbocycles. The fourth-order valence-electron chi connectivity index (χ4n) is 2.59. The number of carboxylic acid groups (broad SMARTS) is 2. The lowest BCUT2D eigenvalue weighted by atomic mass is 9.99. The summed E-state index contributed by atoms with van der Waals surface area (Å²) in [6.07, 6.45) is -7.24. The molecule has 2 amide bonds. The standard InChI is InChI=1S/C17H22BrF3N2O4/c1-16(2,3)23(15(26)27)10-13(22(8-7-18)14(24)25)11-5-4-6-12(9-11)17(19,20)21/h4-6,9,13H,7-8,10H2,1-3H3,(H,24,25)(H,26,27). The van der Waals surface area contributed by atoms with Crippen LogP contribution in [0.4, 0.5) is 22.8 Å². The van der Waals surface area contributed by atoms with Crippen LogP contribution in [-0.2, 0) is 6.18 Å². The van der Waals surface area contributed by atoms with Crippen molar-refractivity contribution in [2.45, 2.75) is 38.5 Å². The Kier molecular flexibility index (Phi) is 7.53. The van der Waals surface area contributed by atoms with Crippen LogP contribution in [0.3, 0.4) is 0 Å². The molecule has 0 aromatic heterocycles. The largest absolute Gasteiger partial charge is 0.465 e. The molecule has 10 heteroatoms. The van der Waals surface area contributed by atoms with Crippen molar-refractivity contribution < 1.29 is 33.0 Å². The second-order valence-corrected chi connectivity index (χ2v) is 7.66. The average Bonchev–Trinajstić information content (AvgIpc) is 2.51. The van der Waals surface area contributed by atoms with Crippen molar-refractivity contribution in [1.29, 1.82) is 0 Å². The zero-order chi connectivity index (χ0) is 21.0. The number of hydrogen-bond acceptors (Lipinski definition) is 2. The smallest absolute Gasteiger partial charge is 0.416 e. The van der Waals surface area contributed by atoms with Crippen LogP contribution in [0.25, 0.3) is 0 Å². The fraction of sp³-hybridized carbons (Fsp3) is 0.529. The first-order chi connectivity index (χ1) is 12.3. The van der Waals surface area contributed by atoms with Crippen molar-refractivity contribution in [2.24, 2.45) is 0 Å². The monoisotopic (exact) mass is 454 g/mol. The highest BCUT2D eigenvalue weighted by Crippen LogP contribution is 2.33. The summed E-state index contributed by atoms with van der Waals surface area (Å²) in [5.41, 5.74) is -1.72. The van der Waals surface area contributed by atoms with Gasteiger partial charge in [0.15, 0.2) is 0 Å². The van der Waals surface area contributed by atoms with Crippen molar-refractivity contribution in [3.8, 4) is 0 Å². The van der Waals surface area contributed by atoms with Gasteiger partial charge in [0.2, 0.25) is 0 Å². The quantitative estimate of drug-likeness (QED) is 0.598.